The van der Waals surface area contributed by atoms with Gasteiger partial charge in [0.1, 0.15) is 0 Å². The topological polar surface area (TPSA) is 61.6 Å². The van der Waals surface area contributed by atoms with Crippen molar-refractivity contribution in [3.63, 3.8) is 0 Å². The van der Waals surface area contributed by atoms with Crippen LogP contribution in [0.25, 0.3) is 0 Å². The molecule has 5 heteroatoms. The molecule has 0 aliphatic carbocycles. The van der Waals surface area contributed by atoms with E-state index in [9.17, 15) is 10.1 Å². The molecule has 0 atom stereocenters. The third-order valence-corrected chi connectivity index (χ3v) is 3.92. The number of benzene rings is 1. The fourth-order valence-electron chi connectivity index (χ4n) is 2.52. The molecule has 0 aromatic heterocycles. The second-order valence-electron chi connectivity index (χ2n) is 6.01. The van der Waals surface area contributed by atoms with E-state index in [1.165, 1.54) is 31.7 Å². The van der Waals surface area contributed by atoms with Gasteiger partial charge in [0.05, 0.1) is 23.7 Å². The van der Waals surface area contributed by atoms with Crippen molar-refractivity contribution in [3.05, 3.63) is 39.9 Å². The zero-order valence-corrected chi connectivity index (χ0v) is 15.0. The van der Waals surface area contributed by atoms with Crippen LogP contribution in [-0.2, 0) is 9.47 Å². The lowest BCUT2D eigenvalue weighted by molar-refractivity contribution is -0.387. The van der Waals surface area contributed by atoms with Gasteiger partial charge in [-0.25, -0.2) is 0 Å². The highest BCUT2D eigenvalue weighted by Crippen LogP contribution is 2.29. The lowest BCUT2D eigenvalue weighted by Gasteiger charge is -2.19. The Morgan fingerprint density at radius 1 is 0.917 bits per heavy atom. The minimum absolute atomic E-state index is 0.0598. The molecule has 0 unspecified atom stereocenters. The van der Waals surface area contributed by atoms with Crippen LogP contribution in [0.3, 0.4) is 0 Å². The van der Waals surface area contributed by atoms with Crippen LogP contribution < -0.4 is 0 Å². The van der Waals surface area contributed by atoms with Gasteiger partial charge in [-0.1, -0.05) is 64.5 Å². The van der Waals surface area contributed by atoms with Gasteiger partial charge in [0.25, 0.3) is 5.69 Å². The summed E-state index contributed by atoms with van der Waals surface area (Å²) in [5.41, 5.74) is 0.568. The summed E-state index contributed by atoms with van der Waals surface area (Å²) < 4.78 is 11.7. The Morgan fingerprint density at radius 2 is 1.46 bits per heavy atom. The fourth-order valence-corrected chi connectivity index (χ4v) is 2.52. The fraction of sp³-hybridized carbons (Fsp3) is 0.684. The van der Waals surface area contributed by atoms with Gasteiger partial charge in [0.2, 0.25) is 0 Å². The maximum atomic E-state index is 11.3. The van der Waals surface area contributed by atoms with Crippen LogP contribution in [-0.4, -0.2) is 18.1 Å². The maximum absolute atomic E-state index is 11.3. The Balaban J connectivity index is 2.64. The number of nitro benzene ring substituents is 1. The van der Waals surface area contributed by atoms with E-state index >= 15 is 0 Å². The molecule has 0 N–H and O–H groups in total. The lowest BCUT2D eigenvalue weighted by atomic mass is 10.1. The first kappa shape index (κ1) is 20.6. The second-order valence-corrected chi connectivity index (χ2v) is 6.01. The van der Waals surface area contributed by atoms with Crippen molar-refractivity contribution in [1.29, 1.82) is 0 Å². The molecule has 0 fully saturated rings. The van der Waals surface area contributed by atoms with Gasteiger partial charge in [0, 0.05) is 6.07 Å². The first-order valence-corrected chi connectivity index (χ1v) is 9.17. The van der Waals surface area contributed by atoms with Crippen molar-refractivity contribution in [2.75, 3.05) is 13.2 Å². The van der Waals surface area contributed by atoms with E-state index < -0.39 is 6.29 Å². The van der Waals surface area contributed by atoms with Gasteiger partial charge in [-0.3, -0.25) is 10.1 Å². The number of rotatable bonds is 14. The Kier molecular flexibility index (Phi) is 11.1. The van der Waals surface area contributed by atoms with Crippen molar-refractivity contribution in [2.45, 2.75) is 71.5 Å². The zero-order valence-electron chi connectivity index (χ0n) is 15.0. The second kappa shape index (κ2) is 12.9. The minimum Gasteiger partial charge on any atom is -0.348 e. The lowest BCUT2D eigenvalue weighted by Crippen LogP contribution is -2.13. The average molecular weight is 337 g/mol. The van der Waals surface area contributed by atoms with E-state index in [1.807, 2.05) is 0 Å². The van der Waals surface area contributed by atoms with Crippen molar-refractivity contribution in [1.82, 2.24) is 0 Å². The number of nitro groups is 1. The predicted molar refractivity (Wildman–Crippen MR) is 96.0 cm³/mol. The van der Waals surface area contributed by atoms with E-state index in [2.05, 4.69) is 13.8 Å². The van der Waals surface area contributed by atoms with E-state index in [0.29, 0.717) is 18.8 Å². The summed E-state index contributed by atoms with van der Waals surface area (Å²) in [6, 6.07) is 6.68. The third-order valence-electron chi connectivity index (χ3n) is 3.92. The minimum atomic E-state index is -0.658. The molecular weight excluding hydrogens is 306 g/mol. The van der Waals surface area contributed by atoms with E-state index in [1.54, 1.807) is 18.2 Å². The van der Waals surface area contributed by atoms with Crippen LogP contribution in [0.15, 0.2) is 24.3 Å². The normalized spacial score (nSPS) is 11.1. The summed E-state index contributed by atoms with van der Waals surface area (Å²) in [4.78, 5) is 10.9. The molecule has 136 valence electrons. The van der Waals surface area contributed by atoms with Crippen LogP contribution in [0, 0.1) is 10.1 Å². The van der Waals surface area contributed by atoms with Crippen molar-refractivity contribution in [3.8, 4) is 0 Å². The Bertz CT molecular complexity index is 450. The number of unbranched alkanes of at least 4 members (excludes halogenated alkanes) is 6. The van der Waals surface area contributed by atoms with Gasteiger partial charge < -0.3 is 9.47 Å². The van der Waals surface area contributed by atoms with Crippen molar-refractivity contribution in [2.24, 2.45) is 0 Å². The monoisotopic (exact) mass is 337 g/mol. The van der Waals surface area contributed by atoms with Crippen LogP contribution in [0.4, 0.5) is 5.69 Å². The molecule has 0 saturated carbocycles. The summed E-state index contributed by atoms with van der Waals surface area (Å²) >= 11 is 0. The van der Waals surface area contributed by atoms with Gasteiger partial charge in [-0.2, -0.15) is 0 Å². The summed E-state index contributed by atoms with van der Waals surface area (Å²) in [5.74, 6) is 0. The first-order chi connectivity index (χ1) is 11.7. The molecule has 0 aliphatic rings. The zero-order chi connectivity index (χ0) is 17.6. The Morgan fingerprint density at radius 3 is 1.96 bits per heavy atom. The summed E-state index contributed by atoms with van der Waals surface area (Å²) in [5, 5.41) is 11.3. The van der Waals surface area contributed by atoms with Crippen LogP contribution in [0.1, 0.15) is 77.1 Å². The van der Waals surface area contributed by atoms with Crippen LogP contribution >= 0.6 is 0 Å². The highest BCUT2D eigenvalue weighted by molar-refractivity contribution is 5.40. The number of hydrogen-bond acceptors (Lipinski definition) is 4. The molecule has 24 heavy (non-hydrogen) atoms. The molecule has 5 nitrogen and oxygen atoms in total. The van der Waals surface area contributed by atoms with Gasteiger partial charge in [-0.15, -0.1) is 0 Å². The maximum Gasteiger partial charge on any atom is 0.277 e. The van der Waals surface area contributed by atoms with Crippen molar-refractivity contribution >= 4 is 5.69 Å². The quantitative estimate of drug-likeness (QED) is 0.187. The van der Waals surface area contributed by atoms with Gasteiger partial charge >= 0.3 is 0 Å². The summed E-state index contributed by atoms with van der Waals surface area (Å²) in [6.45, 7) is 5.45. The highest BCUT2D eigenvalue weighted by atomic mass is 16.7. The van der Waals surface area contributed by atoms with E-state index in [4.69, 9.17) is 9.47 Å². The Hall–Kier alpha value is -1.46. The molecule has 0 aliphatic heterocycles. The third kappa shape index (κ3) is 7.88. The molecule has 1 rings (SSSR count). The molecule has 0 radical (unpaired) electrons. The summed E-state index contributed by atoms with van der Waals surface area (Å²) in [7, 11) is 0. The average Bonchev–Trinajstić information content (AvgIpc) is 2.59. The molecule has 0 amide bonds. The predicted octanol–water partition coefficient (Wildman–Crippen LogP) is 5.79. The van der Waals surface area contributed by atoms with Crippen LogP contribution in [0.5, 0.6) is 0 Å². The summed E-state index contributed by atoms with van der Waals surface area (Å²) in [6.07, 6.45) is 8.15. The molecule has 0 spiro atoms. The van der Waals surface area contributed by atoms with Crippen molar-refractivity contribution < 1.29 is 14.4 Å². The van der Waals surface area contributed by atoms with E-state index in [0.717, 1.165) is 25.7 Å². The van der Waals surface area contributed by atoms with E-state index in [-0.39, 0.29) is 10.6 Å². The number of hydrogen-bond donors (Lipinski definition) is 0. The number of ether oxygens (including phenoxy) is 2. The molecule has 1 aromatic rings. The largest absolute Gasteiger partial charge is 0.348 e. The number of nitrogens with zero attached hydrogens (tertiary/aromatic N) is 1. The Labute approximate surface area is 145 Å². The van der Waals surface area contributed by atoms with Gasteiger partial charge in [0.15, 0.2) is 6.29 Å². The number of para-hydroxylation sites is 1. The molecule has 0 saturated heterocycles. The van der Waals surface area contributed by atoms with Crippen LogP contribution in [0.2, 0.25) is 0 Å². The molecule has 1 aromatic carbocycles. The molecule has 0 heterocycles. The SMILES string of the molecule is CCCCCCOC(OCCCCCC)c1ccccc1[N+](=O)[O-]. The van der Waals surface area contributed by atoms with Gasteiger partial charge in [-0.05, 0) is 18.9 Å². The smallest absolute Gasteiger partial charge is 0.277 e. The highest BCUT2D eigenvalue weighted by Gasteiger charge is 2.22. The first-order valence-electron chi connectivity index (χ1n) is 9.17. The molecule has 0 bridgehead atoms. The molecular formula is C19H31NO4. The standard InChI is InChI=1S/C19H31NO4/c1-3-5-7-11-15-23-19(24-16-12-8-6-4-2)17-13-9-10-14-18(17)20(21)22/h9-10,13-14,19H,3-8,11-12,15-16H2,1-2H3.